The summed E-state index contributed by atoms with van der Waals surface area (Å²) in [6, 6.07) is 18.5. The summed E-state index contributed by atoms with van der Waals surface area (Å²) in [6.45, 7) is 10.9. The van der Waals surface area contributed by atoms with E-state index in [0.29, 0.717) is 29.6 Å². The molecular formula is C32H41FO4. The summed E-state index contributed by atoms with van der Waals surface area (Å²) in [7, 11) is 1.57. The number of hydrogen-bond donors (Lipinski definition) is 1. The maximum Gasteiger partial charge on any atom is 0.303 e. The molecular weight excluding hydrogens is 467 g/mol. The molecule has 1 atom stereocenters. The minimum atomic E-state index is -0.789. The van der Waals surface area contributed by atoms with Gasteiger partial charge in [0.25, 0.3) is 0 Å². The van der Waals surface area contributed by atoms with Crippen LogP contribution in [0.1, 0.15) is 77.5 Å². The SMILES string of the molecule is C.COc1ccc(F)c(-c2cc(COc3ccc([C@H](CC(=O)O)CC(C)C)cc3)ccc2C(C)(C)C)c1. The molecule has 0 heterocycles. The maximum atomic E-state index is 14.9. The van der Waals surface area contributed by atoms with Crippen molar-refractivity contribution in [2.75, 3.05) is 7.11 Å². The molecule has 0 amide bonds. The zero-order valence-electron chi connectivity index (χ0n) is 22.1. The van der Waals surface area contributed by atoms with Gasteiger partial charge in [-0.25, -0.2) is 4.39 Å². The number of hydrogen-bond acceptors (Lipinski definition) is 3. The number of halogens is 1. The third-order valence-electron chi connectivity index (χ3n) is 6.29. The zero-order chi connectivity index (χ0) is 26.5. The van der Waals surface area contributed by atoms with Crippen LogP contribution in [0, 0.1) is 11.7 Å². The van der Waals surface area contributed by atoms with Gasteiger partial charge in [0, 0.05) is 5.56 Å². The van der Waals surface area contributed by atoms with Crippen LogP contribution in [0.15, 0.2) is 60.7 Å². The summed E-state index contributed by atoms with van der Waals surface area (Å²) in [5, 5.41) is 9.29. The zero-order valence-corrected chi connectivity index (χ0v) is 22.1. The third kappa shape index (κ3) is 8.08. The van der Waals surface area contributed by atoms with E-state index in [2.05, 4.69) is 34.6 Å². The number of methoxy groups -OCH3 is 1. The van der Waals surface area contributed by atoms with Crippen molar-refractivity contribution in [3.8, 4) is 22.6 Å². The molecule has 0 fully saturated rings. The van der Waals surface area contributed by atoms with E-state index in [-0.39, 0.29) is 31.0 Å². The largest absolute Gasteiger partial charge is 0.497 e. The molecule has 3 aromatic rings. The van der Waals surface area contributed by atoms with Gasteiger partial charge in [-0.15, -0.1) is 0 Å². The lowest BCUT2D eigenvalue weighted by Crippen LogP contribution is -2.13. The highest BCUT2D eigenvalue weighted by Crippen LogP contribution is 2.37. The lowest BCUT2D eigenvalue weighted by atomic mass is 9.81. The highest BCUT2D eigenvalue weighted by Gasteiger charge is 2.22. The smallest absolute Gasteiger partial charge is 0.303 e. The van der Waals surface area contributed by atoms with Crippen LogP contribution < -0.4 is 9.47 Å². The average molecular weight is 509 g/mol. The van der Waals surface area contributed by atoms with E-state index in [1.165, 1.54) is 6.07 Å². The van der Waals surface area contributed by atoms with Crippen molar-refractivity contribution in [1.29, 1.82) is 0 Å². The number of ether oxygens (including phenoxy) is 2. The van der Waals surface area contributed by atoms with Crippen LogP contribution in [0.2, 0.25) is 0 Å². The summed E-state index contributed by atoms with van der Waals surface area (Å²) in [5.41, 5.74) is 4.11. The Balaban J connectivity index is 0.00000481. The first kappa shape index (κ1) is 29.9. The first-order chi connectivity index (χ1) is 17.0. The molecule has 0 unspecified atom stereocenters. The van der Waals surface area contributed by atoms with Gasteiger partial charge in [-0.05, 0) is 82.3 Å². The van der Waals surface area contributed by atoms with Crippen molar-refractivity contribution in [3.63, 3.8) is 0 Å². The molecule has 0 spiro atoms. The monoisotopic (exact) mass is 508 g/mol. The van der Waals surface area contributed by atoms with Gasteiger partial charge < -0.3 is 14.6 Å². The summed E-state index contributed by atoms with van der Waals surface area (Å²) in [4.78, 5) is 11.3. The topological polar surface area (TPSA) is 55.8 Å². The molecule has 3 aromatic carbocycles. The van der Waals surface area contributed by atoms with E-state index in [4.69, 9.17) is 9.47 Å². The molecule has 0 aliphatic carbocycles. The molecule has 0 aliphatic rings. The molecule has 1 N–H and O–H groups in total. The van der Waals surface area contributed by atoms with Crippen molar-refractivity contribution >= 4 is 5.97 Å². The predicted octanol–water partition coefficient (Wildman–Crippen LogP) is 8.62. The van der Waals surface area contributed by atoms with Crippen LogP contribution in [-0.2, 0) is 16.8 Å². The van der Waals surface area contributed by atoms with E-state index >= 15 is 0 Å². The van der Waals surface area contributed by atoms with Gasteiger partial charge in [-0.2, -0.15) is 0 Å². The Morgan fingerprint density at radius 1 is 0.946 bits per heavy atom. The fourth-order valence-corrected chi connectivity index (χ4v) is 4.52. The van der Waals surface area contributed by atoms with E-state index < -0.39 is 5.97 Å². The van der Waals surface area contributed by atoms with Crippen LogP contribution in [-0.4, -0.2) is 18.2 Å². The summed E-state index contributed by atoms with van der Waals surface area (Å²) in [6.07, 6.45) is 0.929. The standard InChI is InChI=1S/C31H37FO4.CH4/c1-20(2)15-23(17-30(33)34)22-8-10-24(11-9-22)36-19-21-7-13-28(31(3,4)5)26(16-21)27-18-25(35-6)12-14-29(27)32;/h7-14,16,18,20,23H,15,17,19H2,1-6H3,(H,33,34);1H4/t23-;/m0./s1. The second kappa shape index (κ2) is 12.8. The maximum absolute atomic E-state index is 14.9. The molecule has 200 valence electrons. The molecule has 4 nitrogen and oxygen atoms in total. The van der Waals surface area contributed by atoms with Gasteiger partial charge in [0.15, 0.2) is 0 Å². The molecule has 0 bridgehead atoms. The third-order valence-corrected chi connectivity index (χ3v) is 6.29. The van der Waals surface area contributed by atoms with E-state index in [1.54, 1.807) is 19.2 Å². The number of rotatable bonds is 10. The van der Waals surface area contributed by atoms with Gasteiger partial charge in [0.2, 0.25) is 0 Å². The van der Waals surface area contributed by atoms with E-state index in [0.717, 1.165) is 28.7 Å². The minimum absolute atomic E-state index is 0. The Labute approximate surface area is 221 Å². The molecule has 0 aliphatic heterocycles. The lowest BCUT2D eigenvalue weighted by Gasteiger charge is -2.24. The van der Waals surface area contributed by atoms with Crippen LogP contribution >= 0.6 is 0 Å². The Morgan fingerprint density at radius 3 is 2.16 bits per heavy atom. The fraction of sp³-hybridized carbons (Fsp3) is 0.406. The summed E-state index contributed by atoms with van der Waals surface area (Å²) >= 11 is 0. The van der Waals surface area contributed by atoms with Crippen molar-refractivity contribution in [1.82, 2.24) is 0 Å². The van der Waals surface area contributed by atoms with Crippen molar-refractivity contribution in [2.24, 2.45) is 5.92 Å². The highest BCUT2D eigenvalue weighted by molar-refractivity contribution is 5.71. The molecule has 0 radical (unpaired) electrons. The second-order valence-corrected chi connectivity index (χ2v) is 10.8. The quantitative estimate of drug-likeness (QED) is 0.298. The minimum Gasteiger partial charge on any atom is -0.497 e. The van der Waals surface area contributed by atoms with Crippen LogP contribution in [0.4, 0.5) is 4.39 Å². The van der Waals surface area contributed by atoms with E-state index in [9.17, 15) is 14.3 Å². The molecule has 37 heavy (non-hydrogen) atoms. The number of carboxylic acid groups (broad SMARTS) is 1. The Hall–Kier alpha value is -3.34. The van der Waals surface area contributed by atoms with Crippen molar-refractivity contribution in [3.05, 3.63) is 83.2 Å². The van der Waals surface area contributed by atoms with Gasteiger partial charge in [0.05, 0.1) is 13.5 Å². The number of aliphatic carboxylic acids is 1. The number of carboxylic acids is 1. The predicted molar refractivity (Wildman–Crippen MR) is 149 cm³/mol. The Morgan fingerprint density at radius 2 is 1.59 bits per heavy atom. The average Bonchev–Trinajstić information content (AvgIpc) is 2.81. The summed E-state index contributed by atoms with van der Waals surface area (Å²) < 4.78 is 26.3. The Kier molecular flexibility index (Phi) is 10.3. The van der Waals surface area contributed by atoms with Crippen molar-refractivity contribution in [2.45, 2.75) is 72.8 Å². The first-order valence-electron chi connectivity index (χ1n) is 12.4. The van der Waals surface area contributed by atoms with Crippen LogP contribution in [0.25, 0.3) is 11.1 Å². The van der Waals surface area contributed by atoms with Gasteiger partial charge in [-0.3, -0.25) is 4.79 Å². The normalized spacial score (nSPS) is 12.1. The molecule has 0 saturated carbocycles. The number of carbonyl (C=O) groups is 1. The molecule has 3 rings (SSSR count). The fourth-order valence-electron chi connectivity index (χ4n) is 4.52. The molecule has 0 aromatic heterocycles. The second-order valence-electron chi connectivity index (χ2n) is 10.8. The number of benzene rings is 3. The lowest BCUT2D eigenvalue weighted by molar-refractivity contribution is -0.137. The van der Waals surface area contributed by atoms with Gasteiger partial charge >= 0.3 is 5.97 Å². The van der Waals surface area contributed by atoms with Crippen LogP contribution in [0.5, 0.6) is 11.5 Å². The molecule has 0 saturated heterocycles. The van der Waals surface area contributed by atoms with E-state index in [1.807, 2.05) is 42.5 Å². The highest BCUT2D eigenvalue weighted by atomic mass is 19.1. The van der Waals surface area contributed by atoms with Crippen LogP contribution in [0.3, 0.4) is 0 Å². The first-order valence-corrected chi connectivity index (χ1v) is 12.4. The summed E-state index contributed by atoms with van der Waals surface area (Å²) in [5.74, 6) is 0.597. The Bertz CT molecular complexity index is 1180. The molecule has 5 heteroatoms. The van der Waals surface area contributed by atoms with Gasteiger partial charge in [0.1, 0.15) is 23.9 Å². The van der Waals surface area contributed by atoms with Gasteiger partial charge in [-0.1, -0.05) is 66.3 Å². The van der Waals surface area contributed by atoms with Crippen molar-refractivity contribution < 1.29 is 23.8 Å².